The van der Waals surface area contributed by atoms with Crippen LogP contribution in [-0.2, 0) is 10.3 Å². The minimum atomic E-state index is -0.861. The van der Waals surface area contributed by atoms with Gasteiger partial charge >= 0.3 is 0 Å². The van der Waals surface area contributed by atoms with E-state index < -0.39 is 5.60 Å². The van der Waals surface area contributed by atoms with Crippen molar-refractivity contribution in [3.05, 3.63) is 36.0 Å². The van der Waals surface area contributed by atoms with Gasteiger partial charge in [-0.05, 0) is 31.0 Å². The van der Waals surface area contributed by atoms with Crippen LogP contribution in [0.5, 0.6) is 0 Å². The first-order chi connectivity index (χ1) is 9.17. The summed E-state index contributed by atoms with van der Waals surface area (Å²) in [4.78, 5) is 3.18. The van der Waals surface area contributed by atoms with Gasteiger partial charge < -0.3 is 20.1 Å². The Morgan fingerprint density at radius 2 is 2.32 bits per heavy atom. The van der Waals surface area contributed by atoms with E-state index in [-0.39, 0.29) is 6.04 Å². The molecule has 0 bridgehead atoms. The van der Waals surface area contributed by atoms with E-state index in [9.17, 15) is 5.11 Å². The highest BCUT2D eigenvalue weighted by molar-refractivity contribution is 5.83. The Morgan fingerprint density at radius 1 is 1.42 bits per heavy atom. The summed E-state index contributed by atoms with van der Waals surface area (Å²) in [6.45, 7) is 4.16. The Bertz CT molecular complexity index is 556. The molecule has 1 aromatic heterocycles. The summed E-state index contributed by atoms with van der Waals surface area (Å²) in [6, 6.07) is 8.23. The zero-order chi connectivity index (χ0) is 13.3. The van der Waals surface area contributed by atoms with Crippen molar-refractivity contribution in [1.82, 2.24) is 10.3 Å². The van der Waals surface area contributed by atoms with Gasteiger partial charge in [-0.2, -0.15) is 0 Å². The second-order valence-electron chi connectivity index (χ2n) is 5.45. The summed E-state index contributed by atoms with van der Waals surface area (Å²) in [7, 11) is 0. The molecule has 2 atom stereocenters. The number of fused-ring (bicyclic) bond motifs is 1. The Kier molecular flexibility index (Phi) is 3.31. The van der Waals surface area contributed by atoms with Gasteiger partial charge in [0.25, 0.3) is 0 Å². The van der Waals surface area contributed by atoms with E-state index in [0.29, 0.717) is 13.0 Å². The third kappa shape index (κ3) is 2.52. The van der Waals surface area contributed by atoms with Gasteiger partial charge in [-0.15, -0.1) is 0 Å². The number of hydrogen-bond donors (Lipinski definition) is 3. The number of morpholine rings is 1. The Labute approximate surface area is 112 Å². The largest absolute Gasteiger partial charge is 0.385 e. The number of aromatic amines is 1. The molecule has 2 unspecified atom stereocenters. The average Bonchev–Trinajstić information content (AvgIpc) is 2.87. The molecule has 0 aliphatic carbocycles. The van der Waals surface area contributed by atoms with Gasteiger partial charge in [-0.25, -0.2) is 0 Å². The van der Waals surface area contributed by atoms with Crippen molar-refractivity contribution in [2.75, 3.05) is 19.8 Å². The number of benzene rings is 1. The molecule has 1 aliphatic rings. The van der Waals surface area contributed by atoms with E-state index in [1.165, 1.54) is 0 Å². The predicted molar refractivity (Wildman–Crippen MR) is 75.1 cm³/mol. The molecule has 19 heavy (non-hydrogen) atoms. The van der Waals surface area contributed by atoms with Crippen molar-refractivity contribution < 1.29 is 9.84 Å². The normalized spacial score (nSPS) is 23.4. The lowest BCUT2D eigenvalue weighted by Crippen LogP contribution is -2.45. The van der Waals surface area contributed by atoms with E-state index in [0.717, 1.165) is 29.6 Å². The maximum atomic E-state index is 10.8. The zero-order valence-electron chi connectivity index (χ0n) is 11.1. The Balaban J connectivity index is 1.88. The molecule has 4 heteroatoms. The summed E-state index contributed by atoms with van der Waals surface area (Å²) in [5, 5.41) is 15.3. The van der Waals surface area contributed by atoms with Crippen LogP contribution >= 0.6 is 0 Å². The van der Waals surface area contributed by atoms with Gasteiger partial charge in [0.15, 0.2) is 0 Å². The lowest BCUT2D eigenvalue weighted by atomic mass is 9.87. The minimum Gasteiger partial charge on any atom is -0.385 e. The van der Waals surface area contributed by atoms with Crippen molar-refractivity contribution >= 4 is 10.9 Å². The van der Waals surface area contributed by atoms with Crippen LogP contribution in [0.25, 0.3) is 10.9 Å². The summed E-state index contributed by atoms with van der Waals surface area (Å²) >= 11 is 0. The first-order valence-electron chi connectivity index (χ1n) is 6.77. The maximum absolute atomic E-state index is 10.8. The number of aliphatic hydroxyl groups is 1. The fraction of sp³-hybridized carbons (Fsp3) is 0.467. The maximum Gasteiger partial charge on any atom is 0.0890 e. The number of nitrogens with one attached hydrogen (secondary N) is 2. The quantitative estimate of drug-likeness (QED) is 0.788. The van der Waals surface area contributed by atoms with Crippen LogP contribution in [0.3, 0.4) is 0 Å². The highest BCUT2D eigenvalue weighted by Gasteiger charge is 2.30. The molecule has 102 valence electrons. The van der Waals surface area contributed by atoms with E-state index >= 15 is 0 Å². The minimum absolute atomic E-state index is 0.206. The number of ether oxygens (including phenoxy) is 1. The number of H-pyrrole nitrogens is 1. The number of hydrogen-bond acceptors (Lipinski definition) is 3. The molecule has 1 aromatic carbocycles. The van der Waals surface area contributed by atoms with Gasteiger partial charge in [0.2, 0.25) is 0 Å². The Hall–Kier alpha value is -1.36. The molecular weight excluding hydrogens is 240 g/mol. The van der Waals surface area contributed by atoms with E-state index in [4.69, 9.17) is 4.74 Å². The van der Waals surface area contributed by atoms with E-state index in [1.54, 1.807) is 0 Å². The molecule has 2 heterocycles. The molecule has 4 nitrogen and oxygen atoms in total. The van der Waals surface area contributed by atoms with E-state index in [2.05, 4.69) is 10.3 Å². The molecule has 1 fully saturated rings. The number of aromatic nitrogens is 1. The van der Waals surface area contributed by atoms with Crippen LogP contribution in [0.2, 0.25) is 0 Å². The first kappa shape index (κ1) is 12.7. The third-order valence-electron chi connectivity index (χ3n) is 3.82. The van der Waals surface area contributed by atoms with E-state index in [1.807, 2.05) is 37.4 Å². The second-order valence-corrected chi connectivity index (χ2v) is 5.45. The smallest absolute Gasteiger partial charge is 0.0890 e. The van der Waals surface area contributed by atoms with Gasteiger partial charge in [-0.3, -0.25) is 0 Å². The zero-order valence-corrected chi connectivity index (χ0v) is 11.1. The molecule has 1 saturated heterocycles. The van der Waals surface area contributed by atoms with Crippen molar-refractivity contribution in [3.63, 3.8) is 0 Å². The summed E-state index contributed by atoms with van der Waals surface area (Å²) in [6.07, 6.45) is 2.56. The first-order valence-corrected chi connectivity index (χ1v) is 6.77. The van der Waals surface area contributed by atoms with Crippen molar-refractivity contribution in [1.29, 1.82) is 0 Å². The Morgan fingerprint density at radius 3 is 3.11 bits per heavy atom. The molecule has 1 aliphatic heterocycles. The molecule has 0 amide bonds. The van der Waals surface area contributed by atoms with Crippen LogP contribution < -0.4 is 5.32 Å². The van der Waals surface area contributed by atoms with Gasteiger partial charge in [0.1, 0.15) is 0 Å². The SMILES string of the molecule is CC(O)(CC1COCCN1)c1cccc2[nH]ccc12. The fourth-order valence-corrected chi connectivity index (χ4v) is 2.90. The molecule has 0 saturated carbocycles. The molecule has 0 radical (unpaired) electrons. The van der Waals surface area contributed by atoms with Crippen LogP contribution in [0, 0.1) is 0 Å². The van der Waals surface area contributed by atoms with Gasteiger partial charge in [-0.1, -0.05) is 12.1 Å². The summed E-state index contributed by atoms with van der Waals surface area (Å²) in [5.41, 5.74) is 1.17. The van der Waals surface area contributed by atoms with Crippen LogP contribution in [0.4, 0.5) is 0 Å². The third-order valence-corrected chi connectivity index (χ3v) is 3.82. The standard InChI is InChI=1S/C15H20N2O2/c1-15(18,9-11-10-19-8-7-16-11)13-3-2-4-14-12(13)5-6-17-14/h2-6,11,16-18H,7-10H2,1H3. The topological polar surface area (TPSA) is 57.3 Å². The molecule has 3 N–H and O–H groups in total. The highest BCUT2D eigenvalue weighted by Crippen LogP contribution is 2.32. The van der Waals surface area contributed by atoms with Crippen LogP contribution in [0.15, 0.2) is 30.5 Å². The monoisotopic (exact) mass is 260 g/mol. The molecular formula is C15H20N2O2. The second kappa shape index (κ2) is 4.96. The van der Waals surface area contributed by atoms with Gasteiger partial charge in [0, 0.05) is 29.7 Å². The van der Waals surface area contributed by atoms with Crippen molar-refractivity contribution in [3.8, 4) is 0 Å². The summed E-state index contributed by atoms with van der Waals surface area (Å²) in [5.74, 6) is 0. The van der Waals surface area contributed by atoms with Crippen LogP contribution in [-0.4, -0.2) is 35.9 Å². The molecule has 2 aromatic rings. The lowest BCUT2D eigenvalue weighted by Gasteiger charge is -2.32. The fourth-order valence-electron chi connectivity index (χ4n) is 2.90. The van der Waals surface area contributed by atoms with Crippen molar-refractivity contribution in [2.24, 2.45) is 0 Å². The average molecular weight is 260 g/mol. The van der Waals surface area contributed by atoms with Crippen LogP contribution in [0.1, 0.15) is 18.9 Å². The molecule has 3 rings (SSSR count). The highest BCUT2D eigenvalue weighted by atomic mass is 16.5. The summed E-state index contributed by atoms with van der Waals surface area (Å²) < 4.78 is 5.46. The predicted octanol–water partition coefficient (Wildman–Crippen LogP) is 1.75. The van der Waals surface area contributed by atoms with Gasteiger partial charge in [0.05, 0.1) is 18.8 Å². The number of rotatable bonds is 3. The molecule has 0 spiro atoms. The lowest BCUT2D eigenvalue weighted by molar-refractivity contribution is 0.00414. The van der Waals surface area contributed by atoms with Crippen molar-refractivity contribution in [2.45, 2.75) is 25.0 Å².